The van der Waals surface area contributed by atoms with Crippen LogP contribution >= 0.6 is 35.6 Å². The van der Waals surface area contributed by atoms with Crippen LogP contribution in [-0.2, 0) is 24.2 Å². The lowest BCUT2D eigenvalue weighted by atomic mass is 10.1. The Bertz CT molecular complexity index is 748. The Morgan fingerprint density at radius 1 is 1.36 bits per heavy atom. The Kier molecular flexibility index (Phi) is 10.0. The van der Waals surface area contributed by atoms with Crippen molar-refractivity contribution in [3.8, 4) is 0 Å². The van der Waals surface area contributed by atoms with Gasteiger partial charge in [0.2, 0.25) is 0 Å². The van der Waals surface area contributed by atoms with Crippen molar-refractivity contribution in [1.82, 2.24) is 25.4 Å². The van der Waals surface area contributed by atoms with Crippen LogP contribution in [-0.4, -0.2) is 47.0 Å². The molecule has 2 aromatic rings. The predicted molar refractivity (Wildman–Crippen MR) is 122 cm³/mol. The molecule has 0 bridgehead atoms. The number of benzene rings is 1. The molecule has 0 spiro atoms. The highest BCUT2D eigenvalue weighted by molar-refractivity contribution is 14.0. The van der Waals surface area contributed by atoms with Gasteiger partial charge in [0.25, 0.3) is 0 Å². The largest absolute Gasteiger partial charge is 0.381 e. The minimum Gasteiger partial charge on any atom is -0.381 e. The van der Waals surface area contributed by atoms with Gasteiger partial charge < -0.3 is 19.9 Å². The van der Waals surface area contributed by atoms with E-state index in [2.05, 4.69) is 32.3 Å². The fourth-order valence-corrected chi connectivity index (χ4v) is 3.18. The minimum atomic E-state index is 0. The summed E-state index contributed by atoms with van der Waals surface area (Å²) < 4.78 is 7.51. The Hall–Kier alpha value is -1.39. The molecule has 28 heavy (non-hydrogen) atoms. The fraction of sp³-hybridized carbons (Fsp3) is 0.526. The minimum absolute atomic E-state index is 0. The van der Waals surface area contributed by atoms with Gasteiger partial charge >= 0.3 is 0 Å². The Balaban J connectivity index is 0.00000280. The first-order chi connectivity index (χ1) is 13.3. The quantitative estimate of drug-likeness (QED) is 0.319. The van der Waals surface area contributed by atoms with E-state index in [1.54, 1.807) is 6.33 Å². The molecule has 0 saturated carbocycles. The van der Waals surface area contributed by atoms with Crippen LogP contribution in [0.25, 0.3) is 0 Å². The predicted octanol–water partition coefficient (Wildman–Crippen LogP) is 2.88. The molecule has 1 fully saturated rings. The zero-order valence-corrected chi connectivity index (χ0v) is 19.2. The summed E-state index contributed by atoms with van der Waals surface area (Å²) in [6.07, 6.45) is 3.73. The van der Waals surface area contributed by atoms with E-state index in [0.717, 1.165) is 68.1 Å². The number of rotatable bonds is 8. The van der Waals surface area contributed by atoms with Crippen LogP contribution in [0, 0.1) is 5.92 Å². The van der Waals surface area contributed by atoms with Crippen molar-refractivity contribution in [2.45, 2.75) is 32.9 Å². The summed E-state index contributed by atoms with van der Waals surface area (Å²) in [6, 6.07) is 7.79. The van der Waals surface area contributed by atoms with Crippen LogP contribution < -0.4 is 10.6 Å². The summed E-state index contributed by atoms with van der Waals surface area (Å²) in [7, 11) is 0. The van der Waals surface area contributed by atoms with Gasteiger partial charge in [-0.25, -0.2) is 4.99 Å². The van der Waals surface area contributed by atoms with Crippen LogP contribution in [0.15, 0.2) is 35.6 Å². The van der Waals surface area contributed by atoms with Crippen molar-refractivity contribution >= 4 is 41.5 Å². The van der Waals surface area contributed by atoms with E-state index in [9.17, 15) is 0 Å². The molecule has 0 amide bonds. The number of aryl methyl sites for hydroxylation is 1. The fourth-order valence-electron chi connectivity index (χ4n) is 2.98. The average molecular weight is 519 g/mol. The Morgan fingerprint density at radius 2 is 2.21 bits per heavy atom. The monoisotopic (exact) mass is 518 g/mol. The van der Waals surface area contributed by atoms with Gasteiger partial charge in [0.1, 0.15) is 12.2 Å². The van der Waals surface area contributed by atoms with Gasteiger partial charge in [-0.3, -0.25) is 0 Å². The summed E-state index contributed by atoms with van der Waals surface area (Å²) in [5, 5.41) is 15.7. The molecule has 1 saturated heterocycles. The van der Waals surface area contributed by atoms with E-state index in [1.165, 1.54) is 0 Å². The van der Waals surface area contributed by atoms with Crippen molar-refractivity contribution in [1.29, 1.82) is 0 Å². The standard InChI is InChI=1S/C19H27ClN6O.HI/c1-2-18-25-24-14-26(18)9-8-21-19(22-11-15-7-10-27-13-15)23-12-16-5-3-4-6-17(16)20;/h3-6,14-15H,2,7-13H2,1H3,(H2,21,22,23);1H. The third kappa shape index (κ3) is 6.89. The molecule has 1 aromatic heterocycles. The number of guanidine groups is 1. The van der Waals surface area contributed by atoms with Gasteiger partial charge in [0, 0.05) is 43.6 Å². The highest BCUT2D eigenvalue weighted by Gasteiger charge is 2.15. The van der Waals surface area contributed by atoms with Gasteiger partial charge in [-0.05, 0) is 18.1 Å². The van der Waals surface area contributed by atoms with Gasteiger partial charge in [0.15, 0.2) is 5.96 Å². The maximum absolute atomic E-state index is 6.25. The first-order valence-electron chi connectivity index (χ1n) is 9.46. The van der Waals surface area contributed by atoms with Gasteiger partial charge in [0.05, 0.1) is 13.2 Å². The first kappa shape index (κ1) is 22.9. The number of hydrogen-bond acceptors (Lipinski definition) is 4. The maximum Gasteiger partial charge on any atom is 0.191 e. The lowest BCUT2D eigenvalue weighted by molar-refractivity contribution is 0.186. The summed E-state index contributed by atoms with van der Waals surface area (Å²) in [6.45, 7) is 6.64. The molecule has 1 aliphatic heterocycles. The second kappa shape index (κ2) is 12.2. The van der Waals surface area contributed by atoms with Gasteiger partial charge in [-0.2, -0.15) is 0 Å². The molecule has 9 heteroatoms. The molecule has 3 rings (SSSR count). The van der Waals surface area contributed by atoms with Crippen molar-refractivity contribution in [2.24, 2.45) is 10.9 Å². The molecule has 154 valence electrons. The lowest BCUT2D eigenvalue weighted by Crippen LogP contribution is -2.41. The topological polar surface area (TPSA) is 76.4 Å². The van der Waals surface area contributed by atoms with Crippen LogP contribution in [0.5, 0.6) is 0 Å². The molecule has 0 aliphatic carbocycles. The second-order valence-electron chi connectivity index (χ2n) is 6.59. The van der Waals surface area contributed by atoms with E-state index in [1.807, 2.05) is 24.3 Å². The van der Waals surface area contributed by atoms with Crippen LogP contribution in [0.4, 0.5) is 0 Å². The van der Waals surface area contributed by atoms with Crippen LogP contribution in [0.1, 0.15) is 24.7 Å². The molecular weight excluding hydrogens is 491 g/mol. The number of aliphatic imine (C=N–C) groups is 1. The zero-order valence-electron chi connectivity index (χ0n) is 16.1. The smallest absolute Gasteiger partial charge is 0.191 e. The number of hydrogen-bond donors (Lipinski definition) is 2. The van der Waals surface area contributed by atoms with Crippen LogP contribution in [0.3, 0.4) is 0 Å². The molecule has 1 unspecified atom stereocenters. The molecule has 2 N–H and O–H groups in total. The van der Waals surface area contributed by atoms with E-state index in [0.29, 0.717) is 12.5 Å². The van der Waals surface area contributed by atoms with Crippen molar-refractivity contribution in [2.75, 3.05) is 26.3 Å². The van der Waals surface area contributed by atoms with E-state index in [-0.39, 0.29) is 24.0 Å². The van der Waals surface area contributed by atoms with Crippen molar-refractivity contribution < 1.29 is 4.74 Å². The van der Waals surface area contributed by atoms with Crippen molar-refractivity contribution in [3.63, 3.8) is 0 Å². The SMILES string of the molecule is CCc1nncn1CCNC(=NCc1ccccc1Cl)NCC1CCOC1.I. The summed E-state index contributed by atoms with van der Waals surface area (Å²) in [5.74, 6) is 2.30. The number of halogens is 2. The number of aromatic nitrogens is 3. The van der Waals surface area contributed by atoms with Gasteiger partial charge in [-0.1, -0.05) is 36.7 Å². The normalized spacial score (nSPS) is 16.6. The molecule has 0 radical (unpaired) electrons. The van der Waals surface area contributed by atoms with Crippen molar-refractivity contribution in [3.05, 3.63) is 47.0 Å². The average Bonchev–Trinajstić information content (AvgIpc) is 3.36. The highest BCUT2D eigenvalue weighted by atomic mass is 127. The summed E-state index contributed by atoms with van der Waals surface area (Å²) in [5.41, 5.74) is 1.01. The number of nitrogens with zero attached hydrogens (tertiary/aromatic N) is 4. The molecule has 7 nitrogen and oxygen atoms in total. The van der Waals surface area contributed by atoms with Crippen LogP contribution in [0.2, 0.25) is 5.02 Å². The number of nitrogens with one attached hydrogen (secondary N) is 2. The molecule has 1 aliphatic rings. The van der Waals surface area contributed by atoms with E-state index < -0.39 is 0 Å². The molecule has 2 heterocycles. The third-order valence-corrected chi connectivity index (χ3v) is 4.97. The zero-order chi connectivity index (χ0) is 18.9. The first-order valence-corrected chi connectivity index (χ1v) is 9.84. The summed E-state index contributed by atoms with van der Waals surface area (Å²) in [4.78, 5) is 4.71. The van der Waals surface area contributed by atoms with Gasteiger partial charge in [-0.15, -0.1) is 34.2 Å². The highest BCUT2D eigenvalue weighted by Crippen LogP contribution is 2.15. The van der Waals surface area contributed by atoms with E-state index in [4.69, 9.17) is 21.3 Å². The maximum atomic E-state index is 6.25. The summed E-state index contributed by atoms with van der Waals surface area (Å²) >= 11 is 6.25. The molecule has 1 aromatic carbocycles. The Labute approximate surface area is 188 Å². The second-order valence-corrected chi connectivity index (χ2v) is 6.99. The Morgan fingerprint density at radius 3 is 2.96 bits per heavy atom. The number of ether oxygens (including phenoxy) is 1. The van der Waals surface area contributed by atoms with E-state index >= 15 is 0 Å². The molecule has 1 atom stereocenters. The molecular formula is C19H28ClIN6O. The third-order valence-electron chi connectivity index (χ3n) is 4.60. The lowest BCUT2D eigenvalue weighted by Gasteiger charge is -2.16.